The standard InChI is InChI=1S/C12H19N3O2S2/c1-8-14-15-11(19-8)18-7-5-9-4-3-6-12(9,13-2)10(16)17/h9,13H,3-7H2,1-2H3,(H,16,17). The summed E-state index contributed by atoms with van der Waals surface area (Å²) in [6, 6.07) is 0. The van der Waals surface area contributed by atoms with Crippen molar-refractivity contribution >= 4 is 29.1 Å². The zero-order valence-electron chi connectivity index (χ0n) is 11.2. The summed E-state index contributed by atoms with van der Waals surface area (Å²) < 4.78 is 0.973. The molecule has 106 valence electrons. The van der Waals surface area contributed by atoms with Gasteiger partial charge in [0.2, 0.25) is 0 Å². The molecule has 2 atom stereocenters. The number of rotatable bonds is 6. The molecule has 0 aromatic carbocycles. The summed E-state index contributed by atoms with van der Waals surface area (Å²) in [5, 5.41) is 21.5. The van der Waals surface area contributed by atoms with Crippen LogP contribution in [0.2, 0.25) is 0 Å². The number of nitrogens with one attached hydrogen (secondary N) is 1. The Morgan fingerprint density at radius 2 is 2.42 bits per heavy atom. The summed E-state index contributed by atoms with van der Waals surface area (Å²) in [5.41, 5.74) is -0.725. The maximum Gasteiger partial charge on any atom is 0.324 e. The maximum absolute atomic E-state index is 11.5. The summed E-state index contributed by atoms with van der Waals surface area (Å²) in [6.45, 7) is 1.94. The summed E-state index contributed by atoms with van der Waals surface area (Å²) in [7, 11) is 1.76. The molecule has 1 aromatic heterocycles. The van der Waals surface area contributed by atoms with Crippen molar-refractivity contribution in [2.24, 2.45) is 5.92 Å². The van der Waals surface area contributed by atoms with Gasteiger partial charge in [-0.3, -0.25) is 4.79 Å². The van der Waals surface area contributed by atoms with E-state index in [1.165, 1.54) is 0 Å². The predicted octanol–water partition coefficient (Wildman–Crippen LogP) is 2.17. The number of carboxylic acid groups (broad SMARTS) is 1. The molecular weight excluding hydrogens is 282 g/mol. The van der Waals surface area contributed by atoms with Crippen LogP contribution in [-0.2, 0) is 4.79 Å². The van der Waals surface area contributed by atoms with E-state index in [2.05, 4.69) is 15.5 Å². The molecule has 19 heavy (non-hydrogen) atoms. The largest absolute Gasteiger partial charge is 0.480 e. The van der Waals surface area contributed by atoms with Crippen LogP contribution in [0.4, 0.5) is 0 Å². The Morgan fingerprint density at radius 1 is 1.63 bits per heavy atom. The second-order valence-electron chi connectivity index (χ2n) is 4.84. The highest BCUT2D eigenvalue weighted by Gasteiger charge is 2.47. The molecular formula is C12H19N3O2S2. The first-order valence-corrected chi connectivity index (χ1v) is 8.24. The molecule has 0 aliphatic heterocycles. The summed E-state index contributed by atoms with van der Waals surface area (Å²) >= 11 is 3.27. The molecule has 1 aliphatic carbocycles. The number of likely N-dealkylation sites (N-methyl/N-ethyl adjacent to an activating group) is 1. The minimum atomic E-state index is -0.725. The fourth-order valence-electron chi connectivity index (χ4n) is 2.81. The van der Waals surface area contributed by atoms with Crippen molar-refractivity contribution in [2.45, 2.75) is 42.5 Å². The lowest BCUT2D eigenvalue weighted by molar-refractivity contribution is -0.146. The van der Waals surface area contributed by atoms with Gasteiger partial charge in [-0.15, -0.1) is 10.2 Å². The number of aromatic nitrogens is 2. The number of nitrogens with zero attached hydrogens (tertiary/aromatic N) is 2. The van der Waals surface area contributed by atoms with E-state index < -0.39 is 11.5 Å². The van der Waals surface area contributed by atoms with Crippen LogP contribution in [0.15, 0.2) is 4.34 Å². The molecule has 0 radical (unpaired) electrons. The number of aryl methyl sites for hydroxylation is 1. The van der Waals surface area contributed by atoms with Gasteiger partial charge in [-0.2, -0.15) is 0 Å². The van der Waals surface area contributed by atoms with Crippen LogP contribution in [0, 0.1) is 12.8 Å². The maximum atomic E-state index is 11.5. The highest BCUT2D eigenvalue weighted by molar-refractivity contribution is 8.01. The van der Waals surface area contributed by atoms with Crippen LogP contribution in [0.25, 0.3) is 0 Å². The van der Waals surface area contributed by atoms with Crippen LogP contribution in [0.5, 0.6) is 0 Å². The van der Waals surface area contributed by atoms with E-state index in [1.807, 2.05) is 6.92 Å². The van der Waals surface area contributed by atoms with Crippen molar-refractivity contribution in [3.8, 4) is 0 Å². The van der Waals surface area contributed by atoms with Crippen LogP contribution >= 0.6 is 23.1 Å². The topological polar surface area (TPSA) is 75.1 Å². The molecule has 0 bridgehead atoms. The van der Waals surface area contributed by atoms with Gasteiger partial charge in [0.1, 0.15) is 10.5 Å². The molecule has 1 aromatic rings. The van der Waals surface area contributed by atoms with Crippen molar-refractivity contribution in [3.63, 3.8) is 0 Å². The average molecular weight is 301 g/mol. The Balaban J connectivity index is 1.89. The minimum absolute atomic E-state index is 0.205. The first kappa shape index (κ1) is 14.7. The number of thioether (sulfide) groups is 1. The third-order valence-corrected chi connectivity index (χ3v) is 5.85. The van der Waals surface area contributed by atoms with Crippen molar-refractivity contribution in [3.05, 3.63) is 5.01 Å². The van der Waals surface area contributed by atoms with E-state index in [1.54, 1.807) is 30.1 Å². The molecule has 7 heteroatoms. The molecule has 0 spiro atoms. The van der Waals surface area contributed by atoms with Gasteiger partial charge >= 0.3 is 5.97 Å². The molecule has 2 rings (SSSR count). The summed E-state index contributed by atoms with van der Waals surface area (Å²) in [4.78, 5) is 11.5. The van der Waals surface area contributed by atoms with Crippen molar-refractivity contribution < 1.29 is 9.90 Å². The molecule has 1 heterocycles. The van der Waals surface area contributed by atoms with Crippen molar-refractivity contribution in [2.75, 3.05) is 12.8 Å². The smallest absolute Gasteiger partial charge is 0.324 e. The van der Waals surface area contributed by atoms with Gasteiger partial charge in [0.05, 0.1) is 0 Å². The van der Waals surface area contributed by atoms with E-state index in [9.17, 15) is 9.90 Å². The molecule has 1 saturated carbocycles. The van der Waals surface area contributed by atoms with E-state index in [0.29, 0.717) is 0 Å². The van der Waals surface area contributed by atoms with Gasteiger partial charge in [-0.25, -0.2) is 0 Å². The molecule has 0 amide bonds. The van der Waals surface area contributed by atoms with Gasteiger partial charge < -0.3 is 10.4 Å². The molecule has 5 nitrogen and oxygen atoms in total. The normalized spacial score (nSPS) is 26.7. The predicted molar refractivity (Wildman–Crippen MR) is 76.8 cm³/mol. The van der Waals surface area contributed by atoms with Gasteiger partial charge in [-0.05, 0) is 39.2 Å². The molecule has 2 unspecified atom stereocenters. The molecule has 0 saturated heterocycles. The first-order valence-electron chi connectivity index (χ1n) is 6.43. The second kappa shape index (κ2) is 6.19. The SMILES string of the molecule is CNC1(C(=O)O)CCCC1CCSc1nnc(C)s1. The second-order valence-corrected chi connectivity index (χ2v) is 7.36. The third kappa shape index (κ3) is 3.09. The van der Waals surface area contributed by atoms with E-state index >= 15 is 0 Å². The van der Waals surface area contributed by atoms with E-state index in [-0.39, 0.29) is 5.92 Å². The monoisotopic (exact) mass is 301 g/mol. The van der Waals surface area contributed by atoms with Crippen LogP contribution in [-0.4, -0.2) is 39.6 Å². The fourth-order valence-corrected chi connectivity index (χ4v) is 4.75. The number of aliphatic carboxylic acids is 1. The Labute approximate surface area is 121 Å². The van der Waals surface area contributed by atoms with Crippen LogP contribution < -0.4 is 5.32 Å². The van der Waals surface area contributed by atoms with Crippen LogP contribution in [0.3, 0.4) is 0 Å². The van der Waals surface area contributed by atoms with Gasteiger partial charge in [-0.1, -0.05) is 29.5 Å². The Kier molecular flexibility index (Phi) is 4.81. The quantitative estimate of drug-likeness (QED) is 0.784. The average Bonchev–Trinajstić information content (AvgIpc) is 2.96. The minimum Gasteiger partial charge on any atom is -0.480 e. The van der Waals surface area contributed by atoms with E-state index in [0.717, 1.165) is 40.8 Å². The van der Waals surface area contributed by atoms with Gasteiger partial charge in [0.25, 0.3) is 0 Å². The Bertz CT molecular complexity index is 452. The van der Waals surface area contributed by atoms with Crippen molar-refractivity contribution in [1.29, 1.82) is 0 Å². The number of hydrogen-bond acceptors (Lipinski definition) is 6. The fraction of sp³-hybridized carbons (Fsp3) is 0.750. The lowest BCUT2D eigenvalue weighted by Gasteiger charge is -2.30. The van der Waals surface area contributed by atoms with Crippen molar-refractivity contribution in [1.82, 2.24) is 15.5 Å². The van der Waals surface area contributed by atoms with E-state index in [4.69, 9.17) is 0 Å². The third-order valence-electron chi connectivity index (χ3n) is 3.85. The zero-order valence-corrected chi connectivity index (χ0v) is 12.8. The number of carbonyl (C=O) groups is 1. The lowest BCUT2D eigenvalue weighted by atomic mass is 9.85. The molecule has 1 aliphatic rings. The lowest BCUT2D eigenvalue weighted by Crippen LogP contribution is -2.53. The number of hydrogen-bond donors (Lipinski definition) is 2. The van der Waals surface area contributed by atoms with Gasteiger partial charge in [0.15, 0.2) is 4.34 Å². The highest BCUT2D eigenvalue weighted by atomic mass is 32.2. The zero-order chi connectivity index (χ0) is 13.9. The first-order chi connectivity index (χ1) is 9.08. The molecule has 1 fully saturated rings. The summed E-state index contributed by atoms with van der Waals surface area (Å²) in [6.07, 6.45) is 3.60. The summed E-state index contributed by atoms with van der Waals surface area (Å²) in [5.74, 6) is 0.390. The van der Waals surface area contributed by atoms with Crippen LogP contribution in [0.1, 0.15) is 30.7 Å². The number of carboxylic acids is 1. The Hall–Kier alpha value is -0.660. The van der Waals surface area contributed by atoms with Gasteiger partial charge in [0, 0.05) is 5.75 Å². The highest BCUT2D eigenvalue weighted by Crippen LogP contribution is 2.39. The molecule has 2 N–H and O–H groups in total. The Morgan fingerprint density at radius 3 is 3.00 bits per heavy atom.